The molecule has 2 aromatic rings. The van der Waals surface area contributed by atoms with E-state index in [1.165, 1.54) is 0 Å². The molecule has 0 spiro atoms. The van der Waals surface area contributed by atoms with Gasteiger partial charge in [-0.1, -0.05) is 0 Å². The van der Waals surface area contributed by atoms with Crippen LogP contribution in [0.1, 0.15) is 15.9 Å². The summed E-state index contributed by atoms with van der Waals surface area (Å²) in [6, 6.07) is 0.521. The average Bonchev–Trinajstić information content (AvgIpc) is 2.82. The number of hydrogen-bond donors (Lipinski definition) is 0. The van der Waals surface area contributed by atoms with Crippen molar-refractivity contribution in [3.63, 3.8) is 0 Å². The first-order valence-electron chi connectivity index (χ1n) is 10.1. The molecule has 0 amide bonds. The van der Waals surface area contributed by atoms with E-state index in [-0.39, 0.29) is 36.4 Å². The lowest BCUT2D eigenvalue weighted by molar-refractivity contribution is -0.0517. The Morgan fingerprint density at radius 1 is 0.457 bits per heavy atom. The van der Waals surface area contributed by atoms with E-state index in [1.54, 1.807) is 0 Å². The molecular weight excluding hydrogens is 768 g/mol. The van der Waals surface area contributed by atoms with Crippen molar-refractivity contribution in [1.29, 1.82) is 0 Å². The van der Waals surface area contributed by atoms with Crippen LogP contribution in [0, 0.1) is 0 Å². The lowest BCUT2D eigenvalue weighted by Crippen LogP contribution is -2.32. The molecule has 0 heterocycles. The van der Waals surface area contributed by atoms with Crippen LogP contribution in [0.25, 0.3) is 0 Å². The van der Waals surface area contributed by atoms with Gasteiger partial charge in [0.05, 0.1) is 5.56 Å². The van der Waals surface area contributed by atoms with Crippen LogP contribution >= 0.6 is 0 Å². The van der Waals surface area contributed by atoms with E-state index in [1.807, 2.05) is 0 Å². The Kier molecular flexibility index (Phi) is 9.87. The molecule has 0 fully saturated rings. The van der Waals surface area contributed by atoms with Gasteiger partial charge in [0.25, 0.3) is 0 Å². The topological polar surface area (TPSA) is 191 Å². The molecule has 260 valence electrons. The van der Waals surface area contributed by atoms with E-state index in [0.29, 0.717) is 0 Å². The fraction of sp³-hybridized carbons (Fsp3) is 0.235. The summed E-state index contributed by atoms with van der Waals surface area (Å²) in [4.78, 5) is 13.0. The largest absolute Gasteiger partial charge is 0.534 e. The number of hydrogen-bond acceptors (Lipinski definition) is 13. The maximum absolute atomic E-state index is 13.1. The monoisotopic (exact) mass is 774 g/mol. The molecule has 0 aliphatic rings. The second-order valence-electron chi connectivity index (χ2n) is 7.56. The average molecular weight is 774 g/mol. The van der Waals surface area contributed by atoms with Crippen molar-refractivity contribution in [2.75, 3.05) is 0 Å². The fourth-order valence-corrected chi connectivity index (χ4v) is 4.29. The number of carbonyl (C=O) groups excluding carboxylic acids is 1. The highest BCUT2D eigenvalue weighted by molar-refractivity contribution is 7.88. The van der Waals surface area contributed by atoms with Crippen LogP contribution in [0.4, 0.5) is 52.7 Å². The maximum Gasteiger partial charge on any atom is 0.534 e. The molecule has 0 saturated heterocycles. The van der Waals surface area contributed by atoms with Crippen LogP contribution in [-0.4, -0.2) is 61.5 Å². The molecule has 0 bridgehead atoms. The summed E-state index contributed by atoms with van der Waals surface area (Å²) >= 11 is 0. The van der Waals surface area contributed by atoms with E-state index < -0.39 is 102 Å². The van der Waals surface area contributed by atoms with Crippen LogP contribution in [0.5, 0.6) is 23.0 Å². The van der Waals surface area contributed by atoms with Gasteiger partial charge in [0.15, 0.2) is 11.5 Å². The molecular formula is C17H6F12O13S4. The second-order valence-corrected chi connectivity index (χ2v) is 13.7. The molecule has 0 aliphatic heterocycles. The number of alkyl halides is 12. The van der Waals surface area contributed by atoms with E-state index in [2.05, 4.69) is 16.7 Å². The molecule has 0 radical (unpaired) electrons. The predicted molar refractivity (Wildman–Crippen MR) is 119 cm³/mol. The third-order valence-electron chi connectivity index (χ3n) is 4.36. The van der Waals surface area contributed by atoms with Crippen LogP contribution in [-0.2, 0) is 40.5 Å². The zero-order valence-electron chi connectivity index (χ0n) is 20.4. The van der Waals surface area contributed by atoms with Gasteiger partial charge in [-0.15, -0.1) is 0 Å². The van der Waals surface area contributed by atoms with Crippen LogP contribution in [0.3, 0.4) is 0 Å². The lowest BCUT2D eigenvalue weighted by atomic mass is 10.0. The van der Waals surface area contributed by atoms with Gasteiger partial charge in [-0.05, 0) is 36.4 Å². The van der Waals surface area contributed by atoms with E-state index in [4.69, 9.17) is 0 Å². The van der Waals surface area contributed by atoms with Crippen LogP contribution in [0.2, 0.25) is 0 Å². The van der Waals surface area contributed by atoms with Gasteiger partial charge in [0, 0.05) is 5.56 Å². The number of rotatable bonds is 10. The molecule has 0 aromatic heterocycles. The highest BCUT2D eigenvalue weighted by atomic mass is 32.2. The zero-order valence-corrected chi connectivity index (χ0v) is 23.7. The van der Waals surface area contributed by atoms with Crippen molar-refractivity contribution in [2.45, 2.75) is 22.0 Å². The summed E-state index contributed by atoms with van der Waals surface area (Å²) in [5, 5.41) is 0. The molecule has 0 atom stereocenters. The minimum Gasteiger partial charge on any atom is -0.376 e. The summed E-state index contributed by atoms with van der Waals surface area (Å²) in [6.07, 6.45) is 0. The van der Waals surface area contributed by atoms with Crippen molar-refractivity contribution in [2.24, 2.45) is 0 Å². The summed E-state index contributed by atoms with van der Waals surface area (Å²) in [5.41, 5.74) is -28.7. The molecule has 46 heavy (non-hydrogen) atoms. The van der Waals surface area contributed by atoms with Crippen molar-refractivity contribution >= 4 is 46.3 Å². The smallest absolute Gasteiger partial charge is 0.376 e. The van der Waals surface area contributed by atoms with Gasteiger partial charge in [-0.2, -0.15) is 86.4 Å². The van der Waals surface area contributed by atoms with E-state index in [0.717, 1.165) is 0 Å². The van der Waals surface area contributed by atoms with Gasteiger partial charge in [-0.25, -0.2) is 0 Å². The third kappa shape index (κ3) is 8.15. The van der Waals surface area contributed by atoms with Gasteiger partial charge in [-0.3, -0.25) is 4.79 Å². The Labute approximate surface area is 246 Å². The van der Waals surface area contributed by atoms with Crippen molar-refractivity contribution in [3.05, 3.63) is 47.5 Å². The Morgan fingerprint density at radius 2 is 0.804 bits per heavy atom. The van der Waals surface area contributed by atoms with Gasteiger partial charge < -0.3 is 16.7 Å². The Bertz CT molecular complexity index is 1940. The van der Waals surface area contributed by atoms with E-state index in [9.17, 15) is 91.2 Å². The number of halogens is 12. The van der Waals surface area contributed by atoms with Gasteiger partial charge in [0.1, 0.15) is 5.75 Å². The molecule has 2 rings (SSSR count). The minimum absolute atomic E-state index is 0.170. The fourth-order valence-electron chi connectivity index (χ4n) is 2.42. The summed E-state index contributed by atoms with van der Waals surface area (Å²) in [5.74, 6) is -11.2. The predicted octanol–water partition coefficient (Wildman–Crippen LogP) is 3.83. The zero-order chi connectivity index (χ0) is 36.1. The molecule has 2 aromatic carbocycles. The maximum atomic E-state index is 13.1. The number of benzene rings is 2. The molecule has 13 nitrogen and oxygen atoms in total. The Balaban J connectivity index is 2.93. The molecule has 29 heteroatoms. The summed E-state index contributed by atoms with van der Waals surface area (Å²) < 4.78 is 260. The quantitative estimate of drug-likeness (QED) is 0.147. The van der Waals surface area contributed by atoms with Crippen molar-refractivity contribution in [1.82, 2.24) is 0 Å². The third-order valence-corrected chi connectivity index (χ3v) is 8.21. The van der Waals surface area contributed by atoms with Crippen LogP contribution < -0.4 is 16.7 Å². The highest BCUT2D eigenvalue weighted by Crippen LogP contribution is 2.47. The number of ketones is 1. The molecule has 0 saturated carbocycles. The first-order valence-corrected chi connectivity index (χ1v) is 15.7. The van der Waals surface area contributed by atoms with E-state index >= 15 is 0 Å². The van der Waals surface area contributed by atoms with Gasteiger partial charge >= 0.3 is 62.5 Å². The first kappa shape index (κ1) is 38.5. The first-order chi connectivity index (χ1) is 20.2. The summed E-state index contributed by atoms with van der Waals surface area (Å²) in [6.45, 7) is 0. The molecule has 0 N–H and O–H groups in total. The Morgan fingerprint density at radius 3 is 1.20 bits per heavy atom. The van der Waals surface area contributed by atoms with Crippen molar-refractivity contribution in [3.8, 4) is 23.0 Å². The molecule has 0 aliphatic carbocycles. The Hall–Kier alpha value is -3.73. The number of carbonyl (C=O) groups is 1. The SMILES string of the molecule is O=C(c1ccc(OS(=O)(=O)C(F)(F)F)cc1)c1ccc(OS(=O)(=O)C(F)(F)F)c(OS(=O)(=O)C(F)(F)F)c1OS(=O)(=O)C(F)(F)F. The van der Waals surface area contributed by atoms with Crippen LogP contribution in [0.15, 0.2) is 36.4 Å². The van der Waals surface area contributed by atoms with Crippen molar-refractivity contribution < 1.29 is 108 Å². The van der Waals surface area contributed by atoms with Gasteiger partial charge in [0.2, 0.25) is 11.5 Å². The molecule has 0 unspecified atom stereocenters. The standard InChI is InChI=1S/C17H6F12O13S4/c18-14(19,20)43(31,32)39-8-3-1-7(2-4-8)11(30)9-5-6-10(40-44(33,34)15(21,22)23)13(42-46(37,38)17(27,28)29)12(9)41-45(35,36)16(24,25)26/h1-6H. The summed E-state index contributed by atoms with van der Waals surface area (Å²) in [7, 11) is -28.0. The minimum atomic E-state index is -7.31. The highest BCUT2D eigenvalue weighted by Gasteiger charge is 2.54. The normalized spacial score (nSPS) is 14.0. The lowest BCUT2D eigenvalue weighted by Gasteiger charge is -2.20. The second kappa shape index (κ2) is 11.8.